The third kappa shape index (κ3) is 4.45. The fraction of sp³-hybridized carbons (Fsp3) is 0.857. The molecule has 0 aromatic heterocycles. The van der Waals surface area contributed by atoms with Crippen molar-refractivity contribution in [3.8, 4) is 0 Å². The largest absolute Gasteiger partial charge is 0.388 e. The van der Waals surface area contributed by atoms with Gasteiger partial charge in [-0.15, -0.1) is 0 Å². The molecule has 1 aliphatic heterocycles. The second-order valence-corrected chi connectivity index (χ2v) is 5.83. The molecule has 6 nitrogen and oxygen atoms in total. The average Bonchev–Trinajstić information content (AvgIpc) is 2.46. The van der Waals surface area contributed by atoms with E-state index in [4.69, 9.17) is 4.74 Å². The van der Waals surface area contributed by atoms with Crippen LogP contribution in [0.5, 0.6) is 0 Å². The summed E-state index contributed by atoms with van der Waals surface area (Å²) < 4.78 is 5.17. The molecule has 0 aromatic rings. The smallest absolute Gasteiger partial charge is 0.309 e. The molecule has 1 heterocycles. The van der Waals surface area contributed by atoms with Crippen LogP contribution in [-0.4, -0.2) is 48.3 Å². The summed E-state index contributed by atoms with van der Waals surface area (Å²) in [5.74, 6) is -1.25. The van der Waals surface area contributed by atoms with Gasteiger partial charge in [0.2, 0.25) is 0 Å². The van der Waals surface area contributed by atoms with Gasteiger partial charge in [-0.25, -0.2) is 0 Å². The van der Waals surface area contributed by atoms with Crippen molar-refractivity contribution in [2.45, 2.75) is 56.6 Å². The van der Waals surface area contributed by atoms with Gasteiger partial charge in [0.05, 0.1) is 5.60 Å². The van der Waals surface area contributed by atoms with E-state index in [0.717, 1.165) is 25.7 Å². The van der Waals surface area contributed by atoms with E-state index in [1.54, 1.807) is 0 Å². The summed E-state index contributed by atoms with van der Waals surface area (Å²) >= 11 is 0. The maximum atomic E-state index is 11.8. The van der Waals surface area contributed by atoms with E-state index in [9.17, 15) is 14.7 Å². The van der Waals surface area contributed by atoms with Gasteiger partial charge in [0.1, 0.15) is 0 Å². The summed E-state index contributed by atoms with van der Waals surface area (Å²) in [6, 6.07) is 0.119. The van der Waals surface area contributed by atoms with E-state index in [0.29, 0.717) is 26.1 Å². The summed E-state index contributed by atoms with van der Waals surface area (Å²) in [4.78, 5) is 23.5. The van der Waals surface area contributed by atoms with Crippen LogP contribution in [-0.2, 0) is 14.3 Å². The number of hydrogen-bond donors (Lipinski definition) is 3. The van der Waals surface area contributed by atoms with Crippen LogP contribution in [0, 0.1) is 0 Å². The minimum atomic E-state index is -0.945. The first-order valence-electron chi connectivity index (χ1n) is 7.48. The summed E-state index contributed by atoms with van der Waals surface area (Å²) in [6.07, 6.45) is 6.27. The second kappa shape index (κ2) is 7.04. The van der Waals surface area contributed by atoms with Crippen molar-refractivity contribution < 1.29 is 19.4 Å². The van der Waals surface area contributed by atoms with Crippen LogP contribution >= 0.6 is 0 Å². The van der Waals surface area contributed by atoms with Crippen molar-refractivity contribution >= 4 is 11.8 Å². The van der Waals surface area contributed by atoms with Crippen molar-refractivity contribution in [2.75, 3.05) is 19.8 Å². The zero-order valence-corrected chi connectivity index (χ0v) is 11.8. The molecular formula is C14H24N2O4. The highest BCUT2D eigenvalue weighted by molar-refractivity contribution is 6.35. The van der Waals surface area contributed by atoms with Crippen molar-refractivity contribution in [2.24, 2.45) is 0 Å². The molecule has 2 amide bonds. The first-order chi connectivity index (χ1) is 9.59. The van der Waals surface area contributed by atoms with Crippen LogP contribution in [0.1, 0.15) is 44.9 Å². The Bertz CT molecular complexity index is 347. The van der Waals surface area contributed by atoms with Crippen LogP contribution in [0.2, 0.25) is 0 Å². The van der Waals surface area contributed by atoms with Gasteiger partial charge in [-0.1, -0.05) is 19.3 Å². The van der Waals surface area contributed by atoms with E-state index in [1.807, 2.05) is 0 Å². The highest BCUT2D eigenvalue weighted by Crippen LogP contribution is 2.19. The second-order valence-electron chi connectivity index (χ2n) is 5.83. The number of rotatable bonds is 3. The van der Waals surface area contributed by atoms with E-state index in [1.165, 1.54) is 6.42 Å². The molecule has 0 atom stereocenters. The van der Waals surface area contributed by atoms with Crippen molar-refractivity contribution in [1.29, 1.82) is 0 Å². The van der Waals surface area contributed by atoms with E-state index < -0.39 is 17.4 Å². The lowest BCUT2D eigenvalue weighted by atomic mass is 9.94. The molecule has 2 aliphatic rings. The van der Waals surface area contributed by atoms with E-state index in [-0.39, 0.29) is 12.6 Å². The minimum Gasteiger partial charge on any atom is -0.388 e. The number of carbonyl (C=O) groups excluding carboxylic acids is 2. The zero-order chi connectivity index (χ0) is 14.4. The topological polar surface area (TPSA) is 87.7 Å². The molecule has 1 saturated carbocycles. The third-order valence-corrected chi connectivity index (χ3v) is 4.15. The Hall–Kier alpha value is -1.14. The van der Waals surface area contributed by atoms with E-state index >= 15 is 0 Å². The van der Waals surface area contributed by atoms with Gasteiger partial charge in [-0.2, -0.15) is 0 Å². The molecule has 20 heavy (non-hydrogen) atoms. The Morgan fingerprint density at radius 1 is 1.10 bits per heavy atom. The van der Waals surface area contributed by atoms with Gasteiger partial charge in [-0.05, 0) is 12.8 Å². The molecule has 0 spiro atoms. The molecule has 1 aliphatic carbocycles. The Morgan fingerprint density at radius 2 is 1.75 bits per heavy atom. The standard InChI is InChI=1S/C14H24N2O4/c17-12(13(18)16-11-4-2-1-3-5-11)15-10-14(19)6-8-20-9-7-14/h11,19H,1-10H2,(H,15,17)(H,16,18). The number of nitrogens with one attached hydrogen (secondary N) is 2. The maximum absolute atomic E-state index is 11.8. The molecule has 3 N–H and O–H groups in total. The molecule has 0 radical (unpaired) electrons. The number of ether oxygens (including phenoxy) is 1. The Balaban J connectivity index is 1.71. The summed E-state index contributed by atoms with van der Waals surface area (Å²) in [5.41, 5.74) is -0.945. The molecule has 2 rings (SSSR count). The van der Waals surface area contributed by atoms with Crippen LogP contribution in [0.15, 0.2) is 0 Å². The summed E-state index contributed by atoms with van der Waals surface area (Å²) in [7, 11) is 0. The normalized spacial score (nSPS) is 23.1. The molecule has 2 fully saturated rings. The van der Waals surface area contributed by atoms with Gasteiger partial charge in [-0.3, -0.25) is 9.59 Å². The van der Waals surface area contributed by atoms with Crippen LogP contribution in [0.4, 0.5) is 0 Å². The number of hydrogen-bond acceptors (Lipinski definition) is 4. The minimum absolute atomic E-state index is 0.104. The van der Waals surface area contributed by atoms with Crippen molar-refractivity contribution in [3.63, 3.8) is 0 Å². The van der Waals surface area contributed by atoms with Crippen LogP contribution < -0.4 is 10.6 Å². The number of amides is 2. The predicted octanol–water partition coefficient (Wildman–Crippen LogP) is 0.0930. The number of carbonyl (C=O) groups is 2. The molecule has 1 saturated heterocycles. The van der Waals surface area contributed by atoms with E-state index in [2.05, 4.69) is 10.6 Å². The third-order valence-electron chi connectivity index (χ3n) is 4.15. The quantitative estimate of drug-likeness (QED) is 0.641. The number of aliphatic hydroxyl groups is 1. The molecule has 0 bridgehead atoms. The fourth-order valence-corrected chi connectivity index (χ4v) is 2.75. The summed E-state index contributed by atoms with van der Waals surface area (Å²) in [5, 5.41) is 15.5. The SMILES string of the molecule is O=C(NCC1(O)CCOCC1)C(=O)NC1CCCCC1. The molecule has 6 heteroatoms. The Labute approximate surface area is 119 Å². The first-order valence-corrected chi connectivity index (χ1v) is 7.48. The van der Waals surface area contributed by atoms with Gasteiger partial charge < -0.3 is 20.5 Å². The molecule has 114 valence electrons. The van der Waals surface area contributed by atoms with Gasteiger partial charge in [0.25, 0.3) is 0 Å². The fourth-order valence-electron chi connectivity index (χ4n) is 2.75. The lowest BCUT2D eigenvalue weighted by molar-refractivity contribution is -0.141. The predicted molar refractivity (Wildman–Crippen MR) is 73.0 cm³/mol. The van der Waals surface area contributed by atoms with Crippen LogP contribution in [0.25, 0.3) is 0 Å². The first kappa shape index (κ1) is 15.3. The van der Waals surface area contributed by atoms with Gasteiger partial charge in [0.15, 0.2) is 0 Å². The summed E-state index contributed by atoms with van der Waals surface area (Å²) in [6.45, 7) is 1.08. The lowest BCUT2D eigenvalue weighted by Gasteiger charge is -2.32. The lowest BCUT2D eigenvalue weighted by Crippen LogP contribution is -2.51. The highest BCUT2D eigenvalue weighted by Gasteiger charge is 2.31. The maximum Gasteiger partial charge on any atom is 0.309 e. The van der Waals surface area contributed by atoms with Crippen LogP contribution in [0.3, 0.4) is 0 Å². The molecule has 0 aromatic carbocycles. The highest BCUT2D eigenvalue weighted by atomic mass is 16.5. The van der Waals surface area contributed by atoms with Gasteiger partial charge >= 0.3 is 11.8 Å². The molecular weight excluding hydrogens is 260 g/mol. The Kier molecular flexibility index (Phi) is 5.37. The van der Waals surface area contributed by atoms with Crippen molar-refractivity contribution in [1.82, 2.24) is 10.6 Å². The van der Waals surface area contributed by atoms with Crippen molar-refractivity contribution in [3.05, 3.63) is 0 Å². The van der Waals surface area contributed by atoms with Gasteiger partial charge in [0, 0.05) is 38.6 Å². The molecule has 0 unspecified atom stereocenters. The average molecular weight is 284 g/mol. The Morgan fingerprint density at radius 3 is 2.40 bits per heavy atom. The monoisotopic (exact) mass is 284 g/mol. The zero-order valence-electron chi connectivity index (χ0n) is 11.8.